The summed E-state index contributed by atoms with van der Waals surface area (Å²) in [6, 6.07) is 7.36. The van der Waals surface area contributed by atoms with Crippen molar-refractivity contribution >= 4 is 23.3 Å². The molecule has 2 amide bonds. The smallest absolute Gasteiger partial charge is 0.317 e. The normalized spacial score (nSPS) is 10.3. The maximum Gasteiger partial charge on any atom is 0.317 e. The van der Waals surface area contributed by atoms with Crippen LogP contribution in [0, 0.1) is 0 Å². The Balaban J connectivity index is 2.02. The lowest BCUT2D eigenvalue weighted by Gasteiger charge is -2.23. The van der Waals surface area contributed by atoms with Crippen molar-refractivity contribution in [2.24, 2.45) is 0 Å². The molecule has 2 aromatic rings. The Kier molecular flexibility index (Phi) is 7.94. The lowest BCUT2D eigenvalue weighted by Crippen LogP contribution is -2.41. The molecule has 7 nitrogen and oxygen atoms in total. The van der Waals surface area contributed by atoms with E-state index < -0.39 is 5.97 Å². The standard InChI is InChI=1S/C19H24N2O5S/c1-25-16-4-3-14(11-17(16)26-2)6-9-21(12-15-7-10-27-13-15)19(24)20-8-5-18(22)23/h3-4,7,10-11,13H,5-6,8-9,12H2,1-2H3,(H,20,24)(H,22,23). The fourth-order valence-electron chi connectivity index (χ4n) is 2.54. The fourth-order valence-corrected chi connectivity index (χ4v) is 3.20. The summed E-state index contributed by atoms with van der Waals surface area (Å²) in [7, 11) is 3.17. The summed E-state index contributed by atoms with van der Waals surface area (Å²) in [5.41, 5.74) is 2.06. The van der Waals surface area contributed by atoms with Gasteiger partial charge in [-0.1, -0.05) is 6.07 Å². The van der Waals surface area contributed by atoms with Gasteiger partial charge < -0.3 is 24.8 Å². The van der Waals surface area contributed by atoms with Gasteiger partial charge >= 0.3 is 12.0 Å². The number of carbonyl (C=O) groups is 2. The zero-order chi connectivity index (χ0) is 19.6. The van der Waals surface area contributed by atoms with Crippen molar-refractivity contribution in [1.29, 1.82) is 0 Å². The first kappa shape index (κ1) is 20.6. The first-order chi connectivity index (χ1) is 13.0. The minimum atomic E-state index is -0.940. The minimum absolute atomic E-state index is 0.102. The molecule has 1 aromatic carbocycles. The van der Waals surface area contributed by atoms with E-state index in [0.717, 1.165) is 11.1 Å². The third-order valence-electron chi connectivity index (χ3n) is 3.97. The zero-order valence-electron chi connectivity index (χ0n) is 15.4. The quantitative estimate of drug-likeness (QED) is 0.649. The van der Waals surface area contributed by atoms with Crippen LogP contribution in [-0.4, -0.2) is 49.3 Å². The number of hydrogen-bond donors (Lipinski definition) is 2. The molecule has 8 heteroatoms. The van der Waals surface area contributed by atoms with Crippen LogP contribution in [0.5, 0.6) is 11.5 Å². The van der Waals surface area contributed by atoms with Crippen LogP contribution in [0.1, 0.15) is 17.5 Å². The first-order valence-electron chi connectivity index (χ1n) is 8.50. The molecule has 0 aliphatic carbocycles. The molecule has 146 valence electrons. The Bertz CT molecular complexity index is 749. The molecule has 1 heterocycles. The van der Waals surface area contributed by atoms with Crippen molar-refractivity contribution in [2.45, 2.75) is 19.4 Å². The van der Waals surface area contributed by atoms with E-state index in [1.54, 1.807) is 30.5 Å². The Morgan fingerprint density at radius 3 is 2.56 bits per heavy atom. The average molecular weight is 392 g/mol. The fraction of sp³-hybridized carbons (Fsp3) is 0.368. The number of benzene rings is 1. The zero-order valence-corrected chi connectivity index (χ0v) is 16.3. The number of ether oxygens (including phenoxy) is 2. The highest BCUT2D eigenvalue weighted by Gasteiger charge is 2.15. The van der Waals surface area contributed by atoms with Crippen LogP contribution in [0.3, 0.4) is 0 Å². The third kappa shape index (κ3) is 6.49. The SMILES string of the molecule is COc1ccc(CCN(Cc2ccsc2)C(=O)NCCC(=O)O)cc1OC. The van der Waals surface area contributed by atoms with Gasteiger partial charge in [-0.3, -0.25) is 4.79 Å². The molecule has 0 atom stereocenters. The molecule has 2 N–H and O–H groups in total. The van der Waals surface area contributed by atoms with Gasteiger partial charge in [-0.2, -0.15) is 11.3 Å². The Hall–Kier alpha value is -2.74. The van der Waals surface area contributed by atoms with Crippen LogP contribution in [-0.2, 0) is 17.8 Å². The number of rotatable bonds is 10. The summed E-state index contributed by atoms with van der Waals surface area (Å²) >= 11 is 1.57. The summed E-state index contributed by atoms with van der Waals surface area (Å²) in [6.45, 7) is 1.06. The van der Waals surface area contributed by atoms with Gasteiger partial charge in [0.1, 0.15) is 0 Å². The Morgan fingerprint density at radius 2 is 1.93 bits per heavy atom. The number of thiophene rings is 1. The van der Waals surface area contributed by atoms with Gasteiger partial charge in [0.25, 0.3) is 0 Å². The van der Waals surface area contributed by atoms with Gasteiger partial charge in [-0.25, -0.2) is 4.79 Å². The number of carboxylic acid groups (broad SMARTS) is 1. The molecule has 0 spiro atoms. The van der Waals surface area contributed by atoms with Crippen LogP contribution in [0.25, 0.3) is 0 Å². The molecule has 0 aliphatic heterocycles. The van der Waals surface area contributed by atoms with Crippen molar-refractivity contribution in [1.82, 2.24) is 10.2 Å². The van der Waals surface area contributed by atoms with E-state index in [0.29, 0.717) is 31.0 Å². The highest BCUT2D eigenvalue weighted by Crippen LogP contribution is 2.27. The number of nitrogens with one attached hydrogen (secondary N) is 1. The summed E-state index contributed by atoms with van der Waals surface area (Å²) in [6.07, 6.45) is 0.532. The molecular weight excluding hydrogens is 368 g/mol. The molecular formula is C19H24N2O5S. The molecule has 0 saturated heterocycles. The number of hydrogen-bond acceptors (Lipinski definition) is 5. The van der Waals surface area contributed by atoms with E-state index in [4.69, 9.17) is 14.6 Å². The van der Waals surface area contributed by atoms with E-state index in [2.05, 4.69) is 5.32 Å². The molecule has 0 saturated carbocycles. The second-order valence-electron chi connectivity index (χ2n) is 5.87. The molecule has 0 radical (unpaired) electrons. The molecule has 0 fully saturated rings. The first-order valence-corrected chi connectivity index (χ1v) is 9.44. The molecule has 1 aromatic heterocycles. The van der Waals surface area contributed by atoms with E-state index >= 15 is 0 Å². The summed E-state index contributed by atoms with van der Waals surface area (Å²) in [4.78, 5) is 24.8. The van der Waals surface area contributed by atoms with Crippen molar-refractivity contribution in [3.63, 3.8) is 0 Å². The highest BCUT2D eigenvalue weighted by atomic mass is 32.1. The van der Waals surface area contributed by atoms with Gasteiger partial charge in [0.05, 0.1) is 20.6 Å². The van der Waals surface area contributed by atoms with E-state index in [1.165, 1.54) is 0 Å². The van der Waals surface area contributed by atoms with Gasteiger partial charge in [-0.05, 0) is 46.5 Å². The number of amides is 2. The summed E-state index contributed by atoms with van der Waals surface area (Å²) in [5, 5.41) is 15.4. The predicted molar refractivity (Wildman–Crippen MR) is 104 cm³/mol. The predicted octanol–water partition coefficient (Wildman–Crippen LogP) is 2.99. The molecule has 0 unspecified atom stereocenters. The van der Waals surface area contributed by atoms with Crippen LogP contribution >= 0.6 is 11.3 Å². The number of methoxy groups -OCH3 is 2. The van der Waals surface area contributed by atoms with Crippen LogP contribution in [0.2, 0.25) is 0 Å². The number of aliphatic carboxylic acids is 1. The highest BCUT2D eigenvalue weighted by molar-refractivity contribution is 7.07. The van der Waals surface area contributed by atoms with Crippen molar-refractivity contribution in [2.75, 3.05) is 27.3 Å². The second kappa shape index (κ2) is 10.4. The van der Waals surface area contributed by atoms with Crippen molar-refractivity contribution < 1.29 is 24.2 Å². The molecule has 0 bridgehead atoms. The average Bonchev–Trinajstić information content (AvgIpc) is 3.17. The van der Waals surface area contributed by atoms with Crippen LogP contribution in [0.4, 0.5) is 4.79 Å². The van der Waals surface area contributed by atoms with Gasteiger partial charge in [0, 0.05) is 19.6 Å². The van der Waals surface area contributed by atoms with Crippen molar-refractivity contribution in [3.05, 3.63) is 46.2 Å². The number of urea groups is 1. The largest absolute Gasteiger partial charge is 0.493 e. The van der Waals surface area contributed by atoms with E-state index in [-0.39, 0.29) is 19.0 Å². The van der Waals surface area contributed by atoms with Crippen LogP contribution in [0.15, 0.2) is 35.0 Å². The number of nitrogens with zero attached hydrogens (tertiary/aromatic N) is 1. The Morgan fingerprint density at radius 1 is 1.15 bits per heavy atom. The Labute approximate surface area is 162 Å². The van der Waals surface area contributed by atoms with Gasteiger partial charge in [0.15, 0.2) is 11.5 Å². The maximum absolute atomic E-state index is 12.5. The summed E-state index contributed by atoms with van der Waals surface area (Å²) < 4.78 is 10.6. The monoisotopic (exact) mass is 392 g/mol. The van der Waals surface area contributed by atoms with Crippen molar-refractivity contribution in [3.8, 4) is 11.5 Å². The topological polar surface area (TPSA) is 88.1 Å². The molecule has 2 rings (SSSR count). The summed E-state index contributed by atoms with van der Waals surface area (Å²) in [5.74, 6) is 0.359. The number of carbonyl (C=O) groups excluding carboxylic acids is 1. The van der Waals surface area contributed by atoms with Crippen LogP contribution < -0.4 is 14.8 Å². The van der Waals surface area contributed by atoms with E-state index in [9.17, 15) is 9.59 Å². The number of carboxylic acids is 1. The van der Waals surface area contributed by atoms with E-state index in [1.807, 2.05) is 35.0 Å². The van der Waals surface area contributed by atoms with Gasteiger partial charge in [0.2, 0.25) is 0 Å². The lowest BCUT2D eigenvalue weighted by atomic mass is 10.1. The third-order valence-corrected chi connectivity index (χ3v) is 4.71. The molecule has 0 aliphatic rings. The maximum atomic E-state index is 12.5. The lowest BCUT2D eigenvalue weighted by molar-refractivity contribution is -0.136. The second-order valence-corrected chi connectivity index (χ2v) is 6.65. The minimum Gasteiger partial charge on any atom is -0.493 e. The molecule has 27 heavy (non-hydrogen) atoms. The van der Waals surface area contributed by atoms with Gasteiger partial charge in [-0.15, -0.1) is 0 Å².